The molecule has 0 aliphatic heterocycles. The molecule has 25 heavy (non-hydrogen) atoms. The highest BCUT2D eigenvalue weighted by Crippen LogP contribution is 2.12. The maximum atomic E-state index is 12.3. The van der Waals surface area contributed by atoms with Gasteiger partial charge < -0.3 is 15.4 Å². The first kappa shape index (κ1) is 17.9. The molecule has 7 nitrogen and oxygen atoms in total. The van der Waals surface area contributed by atoms with Crippen molar-refractivity contribution in [2.75, 3.05) is 19.0 Å². The van der Waals surface area contributed by atoms with E-state index in [4.69, 9.17) is 0 Å². The highest BCUT2D eigenvalue weighted by Gasteiger charge is 2.12. The molecule has 1 heterocycles. The molecule has 0 unspecified atom stereocenters. The first-order valence-electron chi connectivity index (χ1n) is 7.41. The molecular weight excluding hydrogens is 322 g/mol. The lowest BCUT2D eigenvalue weighted by molar-refractivity contribution is 0.0600. The zero-order valence-electron chi connectivity index (χ0n) is 13.6. The van der Waals surface area contributed by atoms with Crippen LogP contribution in [0.25, 0.3) is 0 Å². The Morgan fingerprint density at radius 1 is 1.08 bits per heavy atom. The van der Waals surface area contributed by atoms with Gasteiger partial charge in [0.05, 0.1) is 12.7 Å². The summed E-state index contributed by atoms with van der Waals surface area (Å²) in [6.07, 6.45) is 1.55. The minimum absolute atomic E-state index is 0.100. The second kappa shape index (κ2) is 8.39. The van der Waals surface area contributed by atoms with E-state index in [1.807, 2.05) is 0 Å². The van der Waals surface area contributed by atoms with E-state index in [-0.39, 0.29) is 11.4 Å². The summed E-state index contributed by atoms with van der Waals surface area (Å²) >= 11 is 0. The predicted molar refractivity (Wildman–Crippen MR) is 92.5 cm³/mol. The number of methoxy groups -OCH3 is 1. The Morgan fingerprint density at radius 2 is 1.72 bits per heavy atom. The van der Waals surface area contributed by atoms with Crippen molar-refractivity contribution in [1.29, 1.82) is 0 Å². The molecule has 0 saturated carbocycles. The number of hydrogen-bond acceptors (Lipinski definition) is 5. The highest BCUT2D eigenvalue weighted by atomic mass is 16.5. The van der Waals surface area contributed by atoms with Crippen LogP contribution in [0, 0.1) is 0 Å². The van der Waals surface area contributed by atoms with Crippen molar-refractivity contribution < 1.29 is 19.1 Å². The summed E-state index contributed by atoms with van der Waals surface area (Å²) in [7, 11) is 1.29. The van der Waals surface area contributed by atoms with E-state index in [0.29, 0.717) is 17.8 Å². The number of nitrogens with zero attached hydrogens (tertiary/aromatic N) is 1. The summed E-state index contributed by atoms with van der Waals surface area (Å²) in [5, 5.41) is 5.24. The number of esters is 1. The van der Waals surface area contributed by atoms with Crippen molar-refractivity contribution in [2.24, 2.45) is 0 Å². The number of pyridine rings is 1. The van der Waals surface area contributed by atoms with Crippen molar-refractivity contribution in [3.05, 3.63) is 72.1 Å². The summed E-state index contributed by atoms with van der Waals surface area (Å²) in [5.41, 5.74) is 1.10. The minimum Gasteiger partial charge on any atom is -0.465 e. The maximum absolute atomic E-state index is 12.3. The standard InChI is InChI=1S/C18H17N3O4/c1-3-11-19-16(22)14-5-4-6-15(21-14)17(23)20-13-9-7-12(8-10-13)18(24)25-2/h3-10H,1,11H2,2H3,(H,19,22)(H,20,23). The zero-order chi connectivity index (χ0) is 18.2. The average molecular weight is 339 g/mol. The average Bonchev–Trinajstić information content (AvgIpc) is 2.66. The first-order valence-corrected chi connectivity index (χ1v) is 7.41. The van der Waals surface area contributed by atoms with Crippen LogP contribution < -0.4 is 10.6 Å². The minimum atomic E-state index is -0.468. The Kier molecular flexibility index (Phi) is 6.00. The Bertz CT molecular complexity index is 800. The van der Waals surface area contributed by atoms with Crippen LogP contribution in [0.5, 0.6) is 0 Å². The third kappa shape index (κ3) is 4.74. The van der Waals surface area contributed by atoms with Gasteiger partial charge in [0.25, 0.3) is 11.8 Å². The van der Waals surface area contributed by atoms with E-state index in [9.17, 15) is 14.4 Å². The van der Waals surface area contributed by atoms with Crippen LogP contribution in [0.3, 0.4) is 0 Å². The van der Waals surface area contributed by atoms with Crippen LogP contribution in [0.4, 0.5) is 5.69 Å². The van der Waals surface area contributed by atoms with Crippen LogP contribution >= 0.6 is 0 Å². The van der Waals surface area contributed by atoms with Gasteiger partial charge in [-0.1, -0.05) is 12.1 Å². The number of nitrogens with one attached hydrogen (secondary N) is 2. The van der Waals surface area contributed by atoms with Crippen molar-refractivity contribution >= 4 is 23.5 Å². The summed E-state index contributed by atoms with van der Waals surface area (Å²) < 4.78 is 4.61. The summed E-state index contributed by atoms with van der Waals surface area (Å²) in [6.45, 7) is 3.82. The number of rotatable bonds is 6. The Morgan fingerprint density at radius 3 is 2.32 bits per heavy atom. The normalized spacial score (nSPS) is 9.80. The second-order valence-corrected chi connectivity index (χ2v) is 4.93. The van der Waals surface area contributed by atoms with Gasteiger partial charge in [0.15, 0.2) is 0 Å². The molecule has 0 atom stereocenters. The van der Waals surface area contributed by atoms with Gasteiger partial charge in [0, 0.05) is 12.2 Å². The molecular formula is C18H17N3O4. The number of hydrogen-bond donors (Lipinski definition) is 2. The van der Waals surface area contributed by atoms with E-state index in [2.05, 4.69) is 26.9 Å². The van der Waals surface area contributed by atoms with Crippen LogP contribution in [0.15, 0.2) is 55.1 Å². The quantitative estimate of drug-likeness (QED) is 0.620. The topological polar surface area (TPSA) is 97.4 Å². The maximum Gasteiger partial charge on any atom is 0.337 e. The molecule has 0 bridgehead atoms. The van der Waals surface area contributed by atoms with Crippen LogP contribution in [0.2, 0.25) is 0 Å². The number of ether oxygens (including phenoxy) is 1. The molecule has 1 aromatic carbocycles. The zero-order valence-corrected chi connectivity index (χ0v) is 13.6. The number of amides is 2. The molecule has 0 fully saturated rings. The van der Waals surface area contributed by atoms with Crippen LogP contribution in [-0.4, -0.2) is 36.4 Å². The number of carbonyl (C=O) groups is 3. The lowest BCUT2D eigenvalue weighted by atomic mass is 10.2. The molecule has 2 rings (SSSR count). The van der Waals surface area contributed by atoms with Gasteiger partial charge in [-0.25, -0.2) is 9.78 Å². The van der Waals surface area contributed by atoms with E-state index < -0.39 is 17.8 Å². The number of anilines is 1. The lowest BCUT2D eigenvalue weighted by Crippen LogP contribution is -2.25. The molecule has 0 spiro atoms. The fraction of sp³-hybridized carbons (Fsp3) is 0.111. The van der Waals surface area contributed by atoms with Gasteiger partial charge >= 0.3 is 5.97 Å². The van der Waals surface area contributed by atoms with Gasteiger partial charge in [0.2, 0.25) is 0 Å². The monoisotopic (exact) mass is 339 g/mol. The fourth-order valence-corrected chi connectivity index (χ4v) is 1.95. The highest BCUT2D eigenvalue weighted by molar-refractivity contribution is 6.04. The largest absolute Gasteiger partial charge is 0.465 e. The lowest BCUT2D eigenvalue weighted by Gasteiger charge is -2.07. The van der Waals surface area contributed by atoms with Crippen molar-refractivity contribution in [1.82, 2.24) is 10.3 Å². The van der Waals surface area contributed by atoms with Crippen molar-refractivity contribution in [3.8, 4) is 0 Å². The molecule has 2 aromatic rings. The summed E-state index contributed by atoms with van der Waals surface area (Å²) in [5.74, 6) is -1.32. The smallest absolute Gasteiger partial charge is 0.337 e. The first-order chi connectivity index (χ1) is 12.0. The van der Waals surface area contributed by atoms with E-state index in [1.165, 1.54) is 31.4 Å². The van der Waals surface area contributed by atoms with Crippen molar-refractivity contribution in [2.45, 2.75) is 0 Å². The predicted octanol–water partition coefficient (Wildman–Crippen LogP) is 2.04. The van der Waals surface area contributed by atoms with Gasteiger partial charge in [-0.3, -0.25) is 9.59 Å². The molecule has 0 saturated heterocycles. The van der Waals surface area contributed by atoms with Crippen molar-refractivity contribution in [3.63, 3.8) is 0 Å². The SMILES string of the molecule is C=CCNC(=O)c1cccc(C(=O)Nc2ccc(C(=O)OC)cc2)n1. The molecule has 0 aliphatic rings. The number of benzene rings is 1. The molecule has 0 aliphatic carbocycles. The van der Waals surface area contributed by atoms with E-state index in [0.717, 1.165) is 0 Å². The van der Waals surface area contributed by atoms with E-state index >= 15 is 0 Å². The van der Waals surface area contributed by atoms with Gasteiger partial charge in [-0.15, -0.1) is 6.58 Å². The summed E-state index contributed by atoms with van der Waals surface area (Å²) in [6, 6.07) is 10.8. The Hall–Kier alpha value is -3.48. The van der Waals surface area contributed by atoms with Crippen LogP contribution in [-0.2, 0) is 4.74 Å². The van der Waals surface area contributed by atoms with Crippen LogP contribution in [0.1, 0.15) is 31.3 Å². The molecule has 2 N–H and O–H groups in total. The molecule has 0 radical (unpaired) electrons. The van der Waals surface area contributed by atoms with E-state index in [1.54, 1.807) is 24.3 Å². The molecule has 1 aromatic heterocycles. The van der Waals surface area contributed by atoms with Gasteiger partial charge in [-0.2, -0.15) is 0 Å². The number of carbonyl (C=O) groups excluding carboxylic acids is 3. The molecule has 2 amide bonds. The second-order valence-electron chi connectivity index (χ2n) is 4.93. The third-order valence-corrected chi connectivity index (χ3v) is 3.19. The Labute approximate surface area is 144 Å². The third-order valence-electron chi connectivity index (χ3n) is 3.19. The molecule has 7 heteroatoms. The number of aromatic nitrogens is 1. The Balaban J connectivity index is 2.09. The van der Waals surface area contributed by atoms with Gasteiger partial charge in [-0.05, 0) is 36.4 Å². The molecule has 128 valence electrons. The summed E-state index contributed by atoms with van der Waals surface area (Å²) in [4.78, 5) is 39.6. The van der Waals surface area contributed by atoms with Gasteiger partial charge in [0.1, 0.15) is 11.4 Å². The fourth-order valence-electron chi connectivity index (χ4n) is 1.95.